The predicted molar refractivity (Wildman–Crippen MR) is 85.1 cm³/mol. The topological polar surface area (TPSA) is 0 Å². The standard InChI is InChI=1S/C19H36/c1-7-13(8-2)18-14-11-16(15(18)9-3)17(12-14)19(5,6)10-4/h13-18H,7-12H2,1-6H3. The lowest BCUT2D eigenvalue weighted by atomic mass is 9.60. The number of rotatable bonds is 6. The van der Waals surface area contributed by atoms with Gasteiger partial charge in [-0.3, -0.25) is 0 Å². The van der Waals surface area contributed by atoms with E-state index in [-0.39, 0.29) is 0 Å². The molecule has 2 aliphatic carbocycles. The van der Waals surface area contributed by atoms with Crippen molar-refractivity contribution in [3.63, 3.8) is 0 Å². The Balaban J connectivity index is 2.17. The molecule has 2 rings (SSSR count). The second kappa shape index (κ2) is 5.78. The van der Waals surface area contributed by atoms with E-state index < -0.39 is 0 Å². The average Bonchev–Trinajstić information content (AvgIpc) is 2.98. The van der Waals surface area contributed by atoms with Crippen LogP contribution in [-0.4, -0.2) is 0 Å². The van der Waals surface area contributed by atoms with E-state index in [1.54, 1.807) is 12.8 Å². The van der Waals surface area contributed by atoms with E-state index in [1.165, 1.54) is 25.7 Å². The van der Waals surface area contributed by atoms with Gasteiger partial charge in [-0.1, -0.05) is 67.2 Å². The molecule has 2 aliphatic rings. The van der Waals surface area contributed by atoms with Crippen LogP contribution in [-0.2, 0) is 0 Å². The summed E-state index contributed by atoms with van der Waals surface area (Å²) in [6.45, 7) is 14.7. The number of hydrogen-bond acceptors (Lipinski definition) is 0. The fraction of sp³-hybridized carbons (Fsp3) is 1.00. The third kappa shape index (κ3) is 2.49. The monoisotopic (exact) mass is 264 g/mol. The normalized spacial score (nSPS) is 38.4. The van der Waals surface area contributed by atoms with Gasteiger partial charge in [-0.2, -0.15) is 0 Å². The summed E-state index contributed by atoms with van der Waals surface area (Å²) in [6, 6.07) is 0. The van der Waals surface area contributed by atoms with Crippen LogP contribution in [0.2, 0.25) is 0 Å². The lowest BCUT2D eigenvalue weighted by Gasteiger charge is -2.45. The van der Waals surface area contributed by atoms with E-state index >= 15 is 0 Å². The molecule has 0 spiro atoms. The molecule has 0 heteroatoms. The fourth-order valence-electron chi connectivity index (χ4n) is 5.84. The van der Waals surface area contributed by atoms with E-state index in [4.69, 9.17) is 0 Å². The van der Waals surface area contributed by atoms with E-state index in [0.29, 0.717) is 5.41 Å². The van der Waals surface area contributed by atoms with Crippen LogP contribution in [0.15, 0.2) is 0 Å². The third-order valence-electron chi connectivity index (χ3n) is 7.22. The van der Waals surface area contributed by atoms with Crippen LogP contribution in [0, 0.1) is 40.9 Å². The molecular formula is C19H36. The fourth-order valence-corrected chi connectivity index (χ4v) is 5.84. The Kier molecular flexibility index (Phi) is 4.68. The SMILES string of the molecule is CCC(CC)C1C2CC(C1CC)C(C(C)(C)CC)C2. The Bertz CT molecular complexity index is 286. The molecule has 0 amide bonds. The number of hydrogen-bond donors (Lipinski definition) is 0. The molecule has 0 heterocycles. The molecule has 0 aromatic rings. The molecule has 0 nitrogen and oxygen atoms in total. The van der Waals surface area contributed by atoms with Gasteiger partial charge in [0.25, 0.3) is 0 Å². The second-order valence-electron chi connectivity index (χ2n) is 8.07. The molecule has 2 bridgehead atoms. The minimum Gasteiger partial charge on any atom is -0.0651 e. The quantitative estimate of drug-likeness (QED) is 0.539. The highest BCUT2D eigenvalue weighted by atomic mass is 14.6. The van der Waals surface area contributed by atoms with Crippen molar-refractivity contribution in [2.45, 2.75) is 80.1 Å². The molecule has 112 valence electrons. The minimum atomic E-state index is 0.575. The zero-order valence-electron chi connectivity index (χ0n) is 14.2. The lowest BCUT2D eigenvalue weighted by Crippen LogP contribution is -2.38. The van der Waals surface area contributed by atoms with Gasteiger partial charge in [-0.15, -0.1) is 0 Å². The molecule has 0 saturated heterocycles. The van der Waals surface area contributed by atoms with Crippen LogP contribution >= 0.6 is 0 Å². The molecule has 5 unspecified atom stereocenters. The van der Waals surface area contributed by atoms with Gasteiger partial charge in [0, 0.05) is 0 Å². The maximum Gasteiger partial charge on any atom is -0.0326 e. The van der Waals surface area contributed by atoms with Gasteiger partial charge >= 0.3 is 0 Å². The van der Waals surface area contributed by atoms with Gasteiger partial charge < -0.3 is 0 Å². The summed E-state index contributed by atoms with van der Waals surface area (Å²) in [5, 5.41) is 0. The molecular weight excluding hydrogens is 228 g/mol. The van der Waals surface area contributed by atoms with Gasteiger partial charge in [0.2, 0.25) is 0 Å². The maximum atomic E-state index is 2.53. The van der Waals surface area contributed by atoms with Gasteiger partial charge in [0.05, 0.1) is 0 Å². The highest BCUT2D eigenvalue weighted by Gasteiger charge is 2.55. The zero-order chi connectivity index (χ0) is 14.2. The molecule has 2 saturated carbocycles. The number of fused-ring (bicyclic) bond motifs is 2. The predicted octanol–water partition coefficient (Wildman–Crippen LogP) is 6.16. The Hall–Kier alpha value is 0. The summed E-state index contributed by atoms with van der Waals surface area (Å²) in [4.78, 5) is 0. The van der Waals surface area contributed by atoms with Crippen molar-refractivity contribution >= 4 is 0 Å². The van der Waals surface area contributed by atoms with Crippen molar-refractivity contribution in [3.8, 4) is 0 Å². The van der Waals surface area contributed by atoms with Crippen LogP contribution in [0.5, 0.6) is 0 Å². The molecule has 5 atom stereocenters. The Labute approximate surface area is 121 Å². The molecule has 0 N–H and O–H groups in total. The lowest BCUT2D eigenvalue weighted by molar-refractivity contribution is 0.0394. The summed E-state index contributed by atoms with van der Waals surface area (Å²) in [5.41, 5.74) is 0.575. The van der Waals surface area contributed by atoms with E-state index in [1.807, 2.05) is 0 Å². The van der Waals surface area contributed by atoms with E-state index in [9.17, 15) is 0 Å². The van der Waals surface area contributed by atoms with Crippen molar-refractivity contribution in [2.75, 3.05) is 0 Å². The first kappa shape index (κ1) is 15.4. The van der Waals surface area contributed by atoms with Gasteiger partial charge in [-0.05, 0) is 53.8 Å². The molecule has 0 radical (unpaired) electrons. The Morgan fingerprint density at radius 1 is 1.00 bits per heavy atom. The second-order valence-corrected chi connectivity index (χ2v) is 8.07. The third-order valence-corrected chi connectivity index (χ3v) is 7.22. The van der Waals surface area contributed by atoms with E-state index in [0.717, 1.165) is 35.5 Å². The first-order valence-electron chi connectivity index (χ1n) is 9.00. The summed E-state index contributed by atoms with van der Waals surface area (Å²) in [6.07, 6.45) is 8.70. The summed E-state index contributed by atoms with van der Waals surface area (Å²) >= 11 is 0. The first-order chi connectivity index (χ1) is 9.00. The summed E-state index contributed by atoms with van der Waals surface area (Å²) < 4.78 is 0. The minimum absolute atomic E-state index is 0.575. The van der Waals surface area contributed by atoms with Gasteiger partial charge in [0.1, 0.15) is 0 Å². The molecule has 2 fully saturated rings. The van der Waals surface area contributed by atoms with Crippen LogP contribution < -0.4 is 0 Å². The molecule has 0 aliphatic heterocycles. The molecule has 0 aromatic heterocycles. The highest BCUT2D eigenvalue weighted by molar-refractivity contribution is 5.04. The Morgan fingerprint density at radius 2 is 1.63 bits per heavy atom. The van der Waals surface area contributed by atoms with Gasteiger partial charge in [-0.25, -0.2) is 0 Å². The smallest absolute Gasteiger partial charge is 0.0326 e. The van der Waals surface area contributed by atoms with Gasteiger partial charge in [0.15, 0.2) is 0 Å². The largest absolute Gasteiger partial charge is 0.0651 e. The van der Waals surface area contributed by atoms with Crippen molar-refractivity contribution in [3.05, 3.63) is 0 Å². The average molecular weight is 264 g/mol. The maximum absolute atomic E-state index is 2.53. The summed E-state index contributed by atoms with van der Waals surface area (Å²) in [7, 11) is 0. The Morgan fingerprint density at radius 3 is 2.11 bits per heavy atom. The molecule has 0 aromatic carbocycles. The highest BCUT2D eigenvalue weighted by Crippen LogP contribution is 2.63. The van der Waals surface area contributed by atoms with Crippen molar-refractivity contribution < 1.29 is 0 Å². The summed E-state index contributed by atoms with van der Waals surface area (Å²) in [5.74, 6) is 6.24. The van der Waals surface area contributed by atoms with Crippen LogP contribution in [0.25, 0.3) is 0 Å². The zero-order valence-corrected chi connectivity index (χ0v) is 14.2. The molecule has 19 heavy (non-hydrogen) atoms. The van der Waals surface area contributed by atoms with E-state index in [2.05, 4.69) is 41.5 Å². The van der Waals surface area contributed by atoms with Crippen LogP contribution in [0.3, 0.4) is 0 Å². The van der Waals surface area contributed by atoms with Crippen LogP contribution in [0.1, 0.15) is 80.1 Å². The van der Waals surface area contributed by atoms with Crippen molar-refractivity contribution in [1.29, 1.82) is 0 Å². The van der Waals surface area contributed by atoms with Crippen molar-refractivity contribution in [2.24, 2.45) is 40.9 Å². The van der Waals surface area contributed by atoms with Crippen LogP contribution in [0.4, 0.5) is 0 Å². The van der Waals surface area contributed by atoms with Crippen molar-refractivity contribution in [1.82, 2.24) is 0 Å². The first-order valence-corrected chi connectivity index (χ1v) is 9.00.